The lowest BCUT2D eigenvalue weighted by Crippen LogP contribution is -2.39. The van der Waals surface area contributed by atoms with Gasteiger partial charge in [0.15, 0.2) is 5.96 Å². The molecule has 1 atom stereocenters. The minimum atomic E-state index is -3.70. The molecule has 0 aliphatic carbocycles. The molecule has 0 saturated carbocycles. The van der Waals surface area contributed by atoms with Crippen molar-refractivity contribution < 1.29 is 8.42 Å². The van der Waals surface area contributed by atoms with E-state index in [1.54, 1.807) is 19.2 Å². The number of aliphatic imine (C=N–C) groups is 1. The van der Waals surface area contributed by atoms with E-state index in [0.717, 1.165) is 31.0 Å². The third-order valence-corrected chi connectivity index (χ3v) is 5.48. The first kappa shape index (κ1) is 21.6. The summed E-state index contributed by atoms with van der Waals surface area (Å²) in [5, 5.41) is 12.7. The SMILES string of the molecule is CN=C(NCc1cccc(S(N)(=O)=O)c1)N1CCC(c2cnn(C)c2)C1.I. The molecule has 10 heteroatoms. The van der Waals surface area contributed by atoms with Gasteiger partial charge >= 0.3 is 0 Å². The number of aryl methyl sites for hydroxylation is 1. The molecule has 0 bridgehead atoms. The van der Waals surface area contributed by atoms with Crippen LogP contribution >= 0.6 is 24.0 Å². The second-order valence-electron chi connectivity index (χ2n) is 6.47. The first-order chi connectivity index (χ1) is 12.4. The van der Waals surface area contributed by atoms with Gasteiger partial charge in [0.05, 0.1) is 11.1 Å². The number of rotatable bonds is 4. The largest absolute Gasteiger partial charge is 0.352 e. The van der Waals surface area contributed by atoms with E-state index in [9.17, 15) is 8.42 Å². The molecular weight excluding hydrogens is 479 g/mol. The van der Waals surface area contributed by atoms with Crippen LogP contribution in [0.5, 0.6) is 0 Å². The molecule has 1 unspecified atom stereocenters. The summed E-state index contributed by atoms with van der Waals surface area (Å²) in [5.74, 6) is 1.24. The molecule has 1 aliphatic rings. The van der Waals surface area contributed by atoms with Crippen LogP contribution in [-0.4, -0.2) is 49.2 Å². The van der Waals surface area contributed by atoms with Crippen molar-refractivity contribution in [1.29, 1.82) is 0 Å². The van der Waals surface area contributed by atoms with Gasteiger partial charge in [0.25, 0.3) is 0 Å². The maximum atomic E-state index is 11.5. The Morgan fingerprint density at radius 1 is 1.44 bits per heavy atom. The minimum Gasteiger partial charge on any atom is -0.352 e. The number of hydrogen-bond acceptors (Lipinski definition) is 4. The number of guanidine groups is 1. The number of nitrogens with zero attached hydrogens (tertiary/aromatic N) is 4. The molecule has 0 spiro atoms. The van der Waals surface area contributed by atoms with Crippen LogP contribution in [0.1, 0.15) is 23.5 Å². The molecule has 1 saturated heterocycles. The Balaban J connectivity index is 0.00000261. The number of halogens is 1. The summed E-state index contributed by atoms with van der Waals surface area (Å²) in [6.45, 7) is 2.27. The van der Waals surface area contributed by atoms with Gasteiger partial charge in [-0.25, -0.2) is 13.6 Å². The van der Waals surface area contributed by atoms with Crippen molar-refractivity contribution in [3.8, 4) is 0 Å². The van der Waals surface area contributed by atoms with E-state index in [2.05, 4.69) is 26.5 Å². The van der Waals surface area contributed by atoms with Crippen molar-refractivity contribution in [3.05, 3.63) is 47.8 Å². The third-order valence-electron chi connectivity index (χ3n) is 4.57. The average Bonchev–Trinajstić information content (AvgIpc) is 3.24. The Kier molecular flexibility index (Phi) is 7.23. The van der Waals surface area contributed by atoms with Crippen molar-refractivity contribution in [3.63, 3.8) is 0 Å². The molecule has 8 nitrogen and oxygen atoms in total. The fourth-order valence-corrected chi connectivity index (χ4v) is 3.81. The van der Waals surface area contributed by atoms with Gasteiger partial charge in [-0.15, -0.1) is 24.0 Å². The lowest BCUT2D eigenvalue weighted by Gasteiger charge is -2.21. The van der Waals surface area contributed by atoms with Crippen LogP contribution in [0.15, 0.2) is 46.5 Å². The zero-order valence-electron chi connectivity index (χ0n) is 15.4. The van der Waals surface area contributed by atoms with Crippen LogP contribution in [0.2, 0.25) is 0 Å². The smallest absolute Gasteiger partial charge is 0.238 e. The molecule has 1 aliphatic heterocycles. The summed E-state index contributed by atoms with van der Waals surface area (Å²) in [6, 6.07) is 6.62. The van der Waals surface area contributed by atoms with Crippen LogP contribution in [0.25, 0.3) is 0 Å². The molecule has 3 rings (SSSR count). The minimum absolute atomic E-state index is 0. The predicted octanol–water partition coefficient (Wildman–Crippen LogP) is 1.25. The number of likely N-dealkylation sites (tertiary alicyclic amines) is 1. The number of nitrogens with two attached hydrogens (primary N) is 1. The fourth-order valence-electron chi connectivity index (χ4n) is 3.22. The summed E-state index contributed by atoms with van der Waals surface area (Å²) in [5.41, 5.74) is 2.08. The zero-order valence-corrected chi connectivity index (χ0v) is 18.5. The topological polar surface area (TPSA) is 106 Å². The van der Waals surface area contributed by atoms with Crippen LogP contribution in [0.4, 0.5) is 0 Å². The first-order valence-electron chi connectivity index (χ1n) is 8.42. The van der Waals surface area contributed by atoms with Crippen molar-refractivity contribution in [2.75, 3.05) is 20.1 Å². The molecule has 3 N–H and O–H groups in total. The normalized spacial score (nSPS) is 17.7. The van der Waals surface area contributed by atoms with Crippen molar-refractivity contribution >= 4 is 40.0 Å². The van der Waals surface area contributed by atoms with Gasteiger partial charge in [0.2, 0.25) is 10.0 Å². The lowest BCUT2D eigenvalue weighted by molar-refractivity contribution is 0.486. The summed E-state index contributed by atoms with van der Waals surface area (Å²) in [6.07, 6.45) is 5.03. The van der Waals surface area contributed by atoms with E-state index in [1.165, 1.54) is 11.6 Å². The van der Waals surface area contributed by atoms with E-state index < -0.39 is 10.0 Å². The Morgan fingerprint density at radius 3 is 2.85 bits per heavy atom. The number of benzene rings is 1. The Hall–Kier alpha value is -1.66. The van der Waals surface area contributed by atoms with Gasteiger partial charge in [0, 0.05) is 45.8 Å². The summed E-state index contributed by atoms with van der Waals surface area (Å²) in [7, 11) is -0.0239. The van der Waals surface area contributed by atoms with Crippen molar-refractivity contribution in [2.24, 2.45) is 17.2 Å². The quantitative estimate of drug-likeness (QED) is 0.371. The monoisotopic (exact) mass is 504 g/mol. The molecule has 2 aromatic rings. The van der Waals surface area contributed by atoms with E-state index in [0.29, 0.717) is 12.5 Å². The van der Waals surface area contributed by atoms with E-state index in [4.69, 9.17) is 5.14 Å². The van der Waals surface area contributed by atoms with Crippen LogP contribution < -0.4 is 10.5 Å². The molecule has 1 aromatic heterocycles. The number of hydrogen-bond donors (Lipinski definition) is 2. The maximum Gasteiger partial charge on any atom is 0.238 e. The van der Waals surface area contributed by atoms with E-state index >= 15 is 0 Å². The summed E-state index contributed by atoms with van der Waals surface area (Å²) >= 11 is 0. The van der Waals surface area contributed by atoms with Gasteiger partial charge in [0.1, 0.15) is 0 Å². The Labute approximate surface area is 176 Å². The lowest BCUT2D eigenvalue weighted by atomic mass is 10.0. The summed E-state index contributed by atoms with van der Waals surface area (Å²) in [4.78, 5) is 6.68. The number of primary sulfonamides is 1. The zero-order chi connectivity index (χ0) is 18.7. The predicted molar refractivity (Wildman–Crippen MR) is 116 cm³/mol. The van der Waals surface area contributed by atoms with Gasteiger partial charge in [-0.05, 0) is 29.7 Å². The molecule has 2 heterocycles. The highest BCUT2D eigenvalue weighted by Gasteiger charge is 2.26. The molecule has 1 fully saturated rings. The van der Waals surface area contributed by atoms with Crippen molar-refractivity contribution in [1.82, 2.24) is 20.0 Å². The molecule has 148 valence electrons. The average molecular weight is 504 g/mol. The second kappa shape index (κ2) is 9.02. The highest BCUT2D eigenvalue weighted by atomic mass is 127. The van der Waals surface area contributed by atoms with Crippen molar-refractivity contribution in [2.45, 2.75) is 23.8 Å². The fraction of sp³-hybridized carbons (Fsp3) is 0.412. The van der Waals surface area contributed by atoms with Gasteiger partial charge in [-0.2, -0.15) is 5.10 Å². The standard InChI is InChI=1S/C17H24N6O2S.HI/c1-19-17(20-9-13-4-3-5-16(8-13)26(18,24)25)23-7-6-14(12-23)15-10-21-22(2)11-15;/h3-5,8,10-11,14H,6-7,9,12H2,1-2H3,(H,19,20)(H2,18,24,25);1H. The Morgan fingerprint density at radius 2 is 2.22 bits per heavy atom. The number of aromatic nitrogens is 2. The highest BCUT2D eigenvalue weighted by molar-refractivity contribution is 14.0. The highest BCUT2D eigenvalue weighted by Crippen LogP contribution is 2.26. The molecule has 0 amide bonds. The first-order valence-corrected chi connectivity index (χ1v) is 9.97. The maximum absolute atomic E-state index is 11.5. The molecule has 1 aromatic carbocycles. The summed E-state index contributed by atoms with van der Waals surface area (Å²) < 4.78 is 24.8. The Bertz CT molecular complexity index is 912. The third kappa shape index (κ3) is 5.42. The van der Waals surface area contributed by atoms with E-state index in [-0.39, 0.29) is 28.9 Å². The van der Waals surface area contributed by atoms with Gasteiger partial charge in [-0.1, -0.05) is 12.1 Å². The van der Waals surface area contributed by atoms with Crippen LogP contribution in [0.3, 0.4) is 0 Å². The van der Waals surface area contributed by atoms with Gasteiger partial charge < -0.3 is 10.2 Å². The molecule has 0 radical (unpaired) electrons. The number of sulfonamides is 1. The van der Waals surface area contributed by atoms with Crippen LogP contribution in [-0.2, 0) is 23.6 Å². The molecular formula is C17H25IN6O2S. The van der Waals surface area contributed by atoms with E-state index in [1.807, 2.05) is 24.0 Å². The van der Waals surface area contributed by atoms with Gasteiger partial charge in [-0.3, -0.25) is 9.67 Å². The second-order valence-corrected chi connectivity index (χ2v) is 8.03. The van der Waals surface area contributed by atoms with Crippen LogP contribution in [0, 0.1) is 0 Å². The molecule has 27 heavy (non-hydrogen) atoms. The number of nitrogens with one attached hydrogen (secondary N) is 1.